The summed E-state index contributed by atoms with van der Waals surface area (Å²) in [6, 6.07) is 13.8. The van der Waals surface area contributed by atoms with Crippen LogP contribution in [-0.4, -0.2) is 24.6 Å². The number of methoxy groups -OCH3 is 1. The number of benzene rings is 2. The Labute approximate surface area is 187 Å². The van der Waals surface area contributed by atoms with E-state index in [-0.39, 0.29) is 5.91 Å². The number of aromatic nitrogens is 1. The summed E-state index contributed by atoms with van der Waals surface area (Å²) in [6.45, 7) is 7.01. The Morgan fingerprint density at radius 3 is 2.65 bits per heavy atom. The number of hydrogen-bond acceptors (Lipinski definition) is 5. The highest BCUT2D eigenvalue weighted by Crippen LogP contribution is 2.29. The summed E-state index contributed by atoms with van der Waals surface area (Å²) in [5.41, 5.74) is 3.93. The van der Waals surface area contributed by atoms with E-state index < -0.39 is 0 Å². The van der Waals surface area contributed by atoms with Crippen molar-refractivity contribution in [1.82, 2.24) is 4.98 Å². The molecule has 1 aromatic heterocycles. The molecule has 1 amide bonds. The highest BCUT2D eigenvalue weighted by Gasteiger charge is 2.08. The second kappa shape index (κ2) is 10.8. The molecule has 0 fully saturated rings. The molecule has 1 N–H and O–H groups in total. The van der Waals surface area contributed by atoms with E-state index >= 15 is 0 Å². The van der Waals surface area contributed by atoms with Crippen molar-refractivity contribution < 1.29 is 14.3 Å². The molecular formula is C25H28N2O3S. The van der Waals surface area contributed by atoms with Crippen LogP contribution in [0.25, 0.3) is 17.3 Å². The summed E-state index contributed by atoms with van der Waals surface area (Å²) in [5, 5.41) is 5.32. The third-order valence-electron chi connectivity index (χ3n) is 4.65. The number of aryl methyl sites for hydroxylation is 1. The van der Waals surface area contributed by atoms with Crippen molar-refractivity contribution in [2.75, 3.05) is 19.0 Å². The van der Waals surface area contributed by atoms with Gasteiger partial charge in [0.25, 0.3) is 0 Å². The summed E-state index contributed by atoms with van der Waals surface area (Å²) in [7, 11) is 1.61. The van der Waals surface area contributed by atoms with Gasteiger partial charge in [0.1, 0.15) is 0 Å². The van der Waals surface area contributed by atoms with E-state index in [0.717, 1.165) is 23.2 Å². The lowest BCUT2D eigenvalue weighted by Crippen LogP contribution is -2.07. The lowest BCUT2D eigenvalue weighted by Gasteiger charge is -2.12. The van der Waals surface area contributed by atoms with Gasteiger partial charge in [-0.1, -0.05) is 49.7 Å². The average molecular weight is 437 g/mol. The molecule has 0 radical (unpaired) electrons. The molecule has 31 heavy (non-hydrogen) atoms. The first-order valence-corrected chi connectivity index (χ1v) is 11.1. The molecule has 3 rings (SSSR count). The Morgan fingerprint density at radius 1 is 1.16 bits per heavy atom. The van der Waals surface area contributed by atoms with Gasteiger partial charge in [-0.2, -0.15) is 0 Å². The number of thiazole rings is 1. The average Bonchev–Trinajstić information content (AvgIpc) is 3.21. The van der Waals surface area contributed by atoms with Crippen molar-refractivity contribution in [3.63, 3.8) is 0 Å². The van der Waals surface area contributed by atoms with Crippen LogP contribution in [0.5, 0.6) is 11.5 Å². The van der Waals surface area contributed by atoms with Crippen molar-refractivity contribution >= 4 is 28.5 Å². The Morgan fingerprint density at radius 2 is 1.94 bits per heavy atom. The van der Waals surface area contributed by atoms with Gasteiger partial charge < -0.3 is 9.47 Å². The molecule has 162 valence electrons. The summed E-state index contributed by atoms with van der Waals surface area (Å²) in [4.78, 5) is 16.8. The molecule has 0 saturated heterocycles. The van der Waals surface area contributed by atoms with E-state index in [2.05, 4.69) is 24.1 Å². The van der Waals surface area contributed by atoms with Gasteiger partial charge in [0, 0.05) is 17.0 Å². The van der Waals surface area contributed by atoms with Crippen LogP contribution in [0, 0.1) is 12.8 Å². The highest BCUT2D eigenvalue weighted by molar-refractivity contribution is 7.14. The number of ether oxygens (including phenoxy) is 2. The van der Waals surface area contributed by atoms with Crippen LogP contribution < -0.4 is 14.8 Å². The Bertz CT molecular complexity index is 1040. The first kappa shape index (κ1) is 22.6. The van der Waals surface area contributed by atoms with Crippen molar-refractivity contribution in [2.24, 2.45) is 5.92 Å². The molecule has 0 aliphatic carbocycles. The lowest BCUT2D eigenvalue weighted by molar-refractivity contribution is -0.111. The Kier molecular flexibility index (Phi) is 7.84. The van der Waals surface area contributed by atoms with E-state index in [1.165, 1.54) is 23.0 Å². The molecule has 0 atom stereocenters. The maximum absolute atomic E-state index is 12.3. The molecule has 1 heterocycles. The van der Waals surface area contributed by atoms with Crippen molar-refractivity contribution in [2.45, 2.75) is 27.2 Å². The van der Waals surface area contributed by atoms with Gasteiger partial charge in [-0.25, -0.2) is 4.98 Å². The van der Waals surface area contributed by atoms with Crippen molar-refractivity contribution in [1.29, 1.82) is 0 Å². The van der Waals surface area contributed by atoms with Crippen LogP contribution in [0.3, 0.4) is 0 Å². The zero-order valence-corrected chi connectivity index (χ0v) is 19.2. The maximum Gasteiger partial charge on any atom is 0.250 e. The molecule has 0 aliphatic heterocycles. The minimum absolute atomic E-state index is 0.235. The number of carbonyl (C=O) groups excluding carboxylic acids is 1. The fourth-order valence-corrected chi connectivity index (χ4v) is 3.54. The number of nitrogens with one attached hydrogen (secondary N) is 1. The van der Waals surface area contributed by atoms with Crippen LogP contribution in [-0.2, 0) is 4.79 Å². The number of amides is 1. The Hall–Kier alpha value is -3.12. The van der Waals surface area contributed by atoms with Gasteiger partial charge in [0.2, 0.25) is 5.91 Å². The molecule has 5 nitrogen and oxygen atoms in total. The third-order valence-corrected chi connectivity index (χ3v) is 5.41. The van der Waals surface area contributed by atoms with Gasteiger partial charge >= 0.3 is 0 Å². The largest absolute Gasteiger partial charge is 0.493 e. The zero-order valence-electron chi connectivity index (χ0n) is 18.3. The molecule has 0 aliphatic rings. The van der Waals surface area contributed by atoms with Gasteiger partial charge in [-0.15, -0.1) is 11.3 Å². The zero-order chi connectivity index (χ0) is 22.2. The van der Waals surface area contributed by atoms with E-state index in [0.29, 0.717) is 29.2 Å². The SMILES string of the molecule is COc1cc(/C=C/C(=O)Nc2nc(-c3ccc(C)cc3)cs2)ccc1OCCC(C)C. The minimum atomic E-state index is -0.235. The molecule has 0 unspecified atom stereocenters. The quantitative estimate of drug-likeness (QED) is 0.406. The van der Waals surface area contributed by atoms with E-state index in [4.69, 9.17) is 9.47 Å². The van der Waals surface area contributed by atoms with Gasteiger partial charge in [-0.05, 0) is 43.0 Å². The molecule has 3 aromatic rings. The van der Waals surface area contributed by atoms with Crippen LogP contribution in [0.4, 0.5) is 5.13 Å². The molecule has 6 heteroatoms. The minimum Gasteiger partial charge on any atom is -0.493 e. The Balaban J connectivity index is 1.60. The monoisotopic (exact) mass is 436 g/mol. The first-order chi connectivity index (χ1) is 14.9. The van der Waals surface area contributed by atoms with E-state index in [1.54, 1.807) is 13.2 Å². The van der Waals surface area contributed by atoms with Crippen molar-refractivity contribution in [3.05, 3.63) is 65.0 Å². The van der Waals surface area contributed by atoms with Gasteiger partial charge in [0.05, 0.1) is 19.4 Å². The second-order valence-corrected chi connectivity index (χ2v) is 8.53. The second-order valence-electron chi connectivity index (χ2n) is 7.67. The fraction of sp³-hybridized carbons (Fsp3) is 0.280. The summed E-state index contributed by atoms with van der Waals surface area (Å²) >= 11 is 1.40. The predicted molar refractivity (Wildman–Crippen MR) is 128 cm³/mol. The first-order valence-electron chi connectivity index (χ1n) is 10.3. The van der Waals surface area contributed by atoms with Crippen LogP contribution in [0.15, 0.2) is 53.9 Å². The van der Waals surface area contributed by atoms with Crippen LogP contribution in [0.1, 0.15) is 31.4 Å². The number of nitrogens with zero attached hydrogens (tertiary/aromatic N) is 1. The smallest absolute Gasteiger partial charge is 0.250 e. The maximum atomic E-state index is 12.3. The highest BCUT2D eigenvalue weighted by atomic mass is 32.1. The molecule has 0 saturated carbocycles. The lowest BCUT2D eigenvalue weighted by atomic mass is 10.1. The van der Waals surface area contributed by atoms with Crippen molar-refractivity contribution in [3.8, 4) is 22.8 Å². The molecule has 0 bridgehead atoms. The summed E-state index contributed by atoms with van der Waals surface area (Å²) in [6.07, 6.45) is 4.21. The number of rotatable bonds is 9. The molecule has 2 aromatic carbocycles. The summed E-state index contributed by atoms with van der Waals surface area (Å²) < 4.78 is 11.2. The van der Waals surface area contributed by atoms with Gasteiger partial charge in [0.15, 0.2) is 16.6 Å². The normalized spacial score (nSPS) is 11.1. The number of carbonyl (C=O) groups is 1. The topological polar surface area (TPSA) is 60.5 Å². The predicted octanol–water partition coefficient (Wildman–Crippen LogP) is 6.20. The van der Waals surface area contributed by atoms with E-state index in [9.17, 15) is 4.79 Å². The molecule has 0 spiro atoms. The standard InChI is InChI=1S/C25H28N2O3S/c1-17(2)13-14-30-22-11-7-19(15-23(22)29-4)8-12-24(28)27-25-26-21(16-31-25)20-9-5-18(3)6-10-20/h5-12,15-17H,13-14H2,1-4H3,(H,26,27,28)/b12-8+. The van der Waals surface area contributed by atoms with E-state index in [1.807, 2.05) is 54.8 Å². The number of anilines is 1. The van der Waals surface area contributed by atoms with Gasteiger partial charge in [-0.3, -0.25) is 10.1 Å². The summed E-state index contributed by atoms with van der Waals surface area (Å²) in [5.74, 6) is 1.70. The number of hydrogen-bond donors (Lipinski definition) is 1. The van der Waals surface area contributed by atoms with Crippen LogP contribution in [0.2, 0.25) is 0 Å². The third kappa shape index (κ3) is 6.69. The molecular weight excluding hydrogens is 408 g/mol. The fourth-order valence-electron chi connectivity index (χ4n) is 2.82. The van der Waals surface area contributed by atoms with Crippen LogP contribution >= 0.6 is 11.3 Å².